The van der Waals surface area contributed by atoms with Crippen LogP contribution in [-0.4, -0.2) is 34.7 Å². The molecule has 1 fully saturated rings. The van der Waals surface area contributed by atoms with Crippen LogP contribution in [-0.2, 0) is 9.47 Å². The van der Waals surface area contributed by atoms with Crippen LogP contribution in [0.2, 0.25) is 0 Å². The summed E-state index contributed by atoms with van der Waals surface area (Å²) in [4.78, 5) is 12.7. The van der Waals surface area contributed by atoms with Crippen LogP contribution in [0.1, 0.15) is 45.2 Å². The van der Waals surface area contributed by atoms with Gasteiger partial charge in [-0.15, -0.1) is 0 Å². The molecule has 0 aliphatic carbocycles. The minimum absolute atomic E-state index is 0.131. The van der Waals surface area contributed by atoms with E-state index in [1.54, 1.807) is 0 Å². The molecule has 0 unspecified atom stereocenters. The Kier molecular flexibility index (Phi) is 4.81. The molecule has 6 nitrogen and oxygen atoms in total. The third kappa shape index (κ3) is 3.85. The summed E-state index contributed by atoms with van der Waals surface area (Å²) in [7, 11) is 0. The number of benzene rings is 1. The van der Waals surface area contributed by atoms with Crippen molar-refractivity contribution in [2.45, 2.75) is 45.1 Å². The van der Waals surface area contributed by atoms with E-state index >= 15 is 0 Å². The highest BCUT2D eigenvalue weighted by Crippen LogP contribution is 2.37. The summed E-state index contributed by atoms with van der Waals surface area (Å²) in [5, 5.41) is 4.52. The average Bonchev–Trinajstić information content (AvgIpc) is 2.92. The van der Waals surface area contributed by atoms with E-state index in [4.69, 9.17) is 15.2 Å². The summed E-state index contributed by atoms with van der Waals surface area (Å²) in [5.41, 5.74) is 8.62. The highest BCUT2D eigenvalue weighted by Gasteiger charge is 2.30. The molecule has 2 aromatic rings. The zero-order valence-corrected chi connectivity index (χ0v) is 15.0. The number of anilines is 1. The van der Waals surface area contributed by atoms with Crippen molar-refractivity contribution in [3.05, 3.63) is 36.0 Å². The van der Waals surface area contributed by atoms with E-state index in [1.807, 2.05) is 51.1 Å². The van der Waals surface area contributed by atoms with Crippen molar-refractivity contribution < 1.29 is 14.3 Å². The van der Waals surface area contributed by atoms with Gasteiger partial charge >= 0.3 is 6.09 Å². The van der Waals surface area contributed by atoms with Crippen molar-refractivity contribution in [3.8, 4) is 11.3 Å². The van der Waals surface area contributed by atoms with E-state index in [9.17, 15) is 4.79 Å². The van der Waals surface area contributed by atoms with E-state index < -0.39 is 11.7 Å². The molecule has 2 N–H and O–H groups in total. The van der Waals surface area contributed by atoms with E-state index in [0.717, 1.165) is 24.1 Å². The van der Waals surface area contributed by atoms with Gasteiger partial charge in [0.1, 0.15) is 11.3 Å². The first-order chi connectivity index (χ1) is 11.9. The molecule has 3 rings (SSSR count). The second kappa shape index (κ2) is 6.88. The molecular weight excluding hydrogens is 318 g/mol. The predicted octanol–water partition coefficient (Wildman–Crippen LogP) is 3.81. The Hall–Kier alpha value is -2.34. The number of carbonyl (C=O) groups excluding carboxylic acids is 1. The first-order valence-electron chi connectivity index (χ1n) is 8.62. The van der Waals surface area contributed by atoms with Gasteiger partial charge in [-0.05, 0) is 33.6 Å². The number of aromatic nitrogens is 2. The molecule has 1 aliphatic rings. The van der Waals surface area contributed by atoms with E-state index in [2.05, 4.69) is 5.10 Å². The van der Waals surface area contributed by atoms with Crippen LogP contribution in [0.3, 0.4) is 0 Å². The lowest BCUT2D eigenvalue weighted by molar-refractivity contribution is 0.0491. The molecule has 6 heteroatoms. The second-order valence-corrected chi connectivity index (χ2v) is 7.29. The number of ether oxygens (including phenoxy) is 2. The van der Waals surface area contributed by atoms with Gasteiger partial charge < -0.3 is 15.2 Å². The lowest BCUT2D eigenvalue weighted by Gasteiger charge is -2.24. The number of nitrogen functional groups attached to an aromatic ring is 1. The first kappa shape index (κ1) is 17.5. The minimum atomic E-state index is -0.600. The molecular formula is C19H25N3O3. The highest BCUT2D eigenvalue weighted by molar-refractivity contribution is 5.81. The van der Waals surface area contributed by atoms with Crippen molar-refractivity contribution >= 4 is 11.8 Å². The van der Waals surface area contributed by atoms with Crippen LogP contribution >= 0.6 is 0 Å². The Balaban J connectivity index is 2.06. The lowest BCUT2D eigenvalue weighted by atomic mass is 9.94. The van der Waals surface area contributed by atoms with E-state index in [1.165, 1.54) is 4.68 Å². The van der Waals surface area contributed by atoms with Crippen LogP contribution in [0, 0.1) is 0 Å². The van der Waals surface area contributed by atoms with Crippen molar-refractivity contribution in [2.24, 2.45) is 0 Å². The molecule has 0 saturated carbocycles. The van der Waals surface area contributed by atoms with Gasteiger partial charge in [-0.1, -0.05) is 30.3 Å². The molecule has 0 atom stereocenters. The first-order valence-corrected chi connectivity index (χ1v) is 8.62. The molecule has 1 aromatic heterocycles. The summed E-state index contributed by atoms with van der Waals surface area (Å²) in [6.45, 7) is 6.83. The quantitative estimate of drug-likeness (QED) is 0.897. The smallest absolute Gasteiger partial charge is 0.435 e. The van der Waals surface area contributed by atoms with Gasteiger partial charge in [-0.3, -0.25) is 0 Å². The van der Waals surface area contributed by atoms with Gasteiger partial charge in [0.25, 0.3) is 0 Å². The zero-order valence-electron chi connectivity index (χ0n) is 15.0. The van der Waals surface area contributed by atoms with Crippen LogP contribution < -0.4 is 5.73 Å². The van der Waals surface area contributed by atoms with Crippen LogP contribution in [0.25, 0.3) is 11.3 Å². The standard InChI is InChI=1S/C19H25N3O3/c1-19(2,3)25-18(23)22-17(14-9-11-24-12-10-14)15(20)16(21-22)13-7-5-4-6-8-13/h4-8,14H,9-12,20H2,1-3H3. The molecule has 0 radical (unpaired) electrons. The van der Waals surface area contributed by atoms with Gasteiger partial charge in [0.2, 0.25) is 0 Å². The number of hydrogen-bond donors (Lipinski definition) is 1. The number of nitrogens with zero attached hydrogens (tertiary/aromatic N) is 2. The number of rotatable bonds is 2. The SMILES string of the molecule is CC(C)(C)OC(=O)n1nc(-c2ccccc2)c(N)c1C1CCOCC1. The number of hydrogen-bond acceptors (Lipinski definition) is 5. The molecule has 0 spiro atoms. The summed E-state index contributed by atoms with van der Waals surface area (Å²) in [6.07, 6.45) is 1.13. The Morgan fingerprint density at radius 1 is 1.24 bits per heavy atom. The average molecular weight is 343 g/mol. The Morgan fingerprint density at radius 3 is 2.48 bits per heavy atom. The maximum atomic E-state index is 12.7. The highest BCUT2D eigenvalue weighted by atomic mass is 16.6. The molecule has 1 aromatic carbocycles. The Labute approximate surface area is 147 Å². The van der Waals surface area contributed by atoms with Crippen LogP contribution in [0.15, 0.2) is 30.3 Å². The summed E-state index contributed by atoms with van der Waals surface area (Å²) < 4.78 is 12.3. The summed E-state index contributed by atoms with van der Waals surface area (Å²) >= 11 is 0. The number of nitrogens with two attached hydrogens (primary N) is 1. The molecule has 25 heavy (non-hydrogen) atoms. The fraction of sp³-hybridized carbons (Fsp3) is 0.474. The molecule has 1 aliphatic heterocycles. The molecule has 134 valence electrons. The van der Waals surface area contributed by atoms with Gasteiger partial charge in [0.15, 0.2) is 0 Å². The lowest BCUT2D eigenvalue weighted by Crippen LogP contribution is -2.30. The van der Waals surface area contributed by atoms with E-state index in [0.29, 0.717) is 24.6 Å². The maximum Gasteiger partial charge on any atom is 0.435 e. The summed E-state index contributed by atoms with van der Waals surface area (Å²) in [5.74, 6) is 0.131. The second-order valence-electron chi connectivity index (χ2n) is 7.29. The number of carbonyl (C=O) groups is 1. The molecule has 2 heterocycles. The topological polar surface area (TPSA) is 79.4 Å². The third-order valence-corrected chi connectivity index (χ3v) is 4.18. The summed E-state index contributed by atoms with van der Waals surface area (Å²) in [6, 6.07) is 9.66. The van der Waals surface area contributed by atoms with Gasteiger partial charge in [0, 0.05) is 24.7 Å². The van der Waals surface area contributed by atoms with Crippen LogP contribution in [0.5, 0.6) is 0 Å². The normalized spacial score (nSPS) is 16.0. The zero-order chi connectivity index (χ0) is 18.0. The minimum Gasteiger partial charge on any atom is -0.442 e. The van der Waals surface area contributed by atoms with Crippen molar-refractivity contribution in [3.63, 3.8) is 0 Å². The van der Waals surface area contributed by atoms with Gasteiger partial charge in [0.05, 0.1) is 11.4 Å². The van der Waals surface area contributed by atoms with Crippen molar-refractivity contribution in [1.82, 2.24) is 9.78 Å². The third-order valence-electron chi connectivity index (χ3n) is 4.18. The molecule has 1 saturated heterocycles. The molecule has 0 amide bonds. The predicted molar refractivity (Wildman–Crippen MR) is 96.5 cm³/mol. The van der Waals surface area contributed by atoms with Crippen LogP contribution in [0.4, 0.5) is 10.5 Å². The van der Waals surface area contributed by atoms with Crippen molar-refractivity contribution in [1.29, 1.82) is 0 Å². The maximum absolute atomic E-state index is 12.7. The van der Waals surface area contributed by atoms with Gasteiger partial charge in [-0.25, -0.2) is 4.79 Å². The fourth-order valence-electron chi connectivity index (χ4n) is 3.06. The largest absolute Gasteiger partial charge is 0.442 e. The monoisotopic (exact) mass is 343 g/mol. The van der Waals surface area contributed by atoms with Crippen molar-refractivity contribution in [2.75, 3.05) is 18.9 Å². The Morgan fingerprint density at radius 2 is 1.88 bits per heavy atom. The molecule has 0 bridgehead atoms. The fourth-order valence-corrected chi connectivity index (χ4v) is 3.06. The Bertz CT molecular complexity index is 741. The van der Waals surface area contributed by atoms with E-state index in [-0.39, 0.29) is 5.92 Å². The van der Waals surface area contributed by atoms with Gasteiger partial charge in [-0.2, -0.15) is 9.78 Å².